The van der Waals surface area contributed by atoms with Crippen LogP contribution in [0.15, 0.2) is 35.3 Å². The van der Waals surface area contributed by atoms with Crippen molar-refractivity contribution in [2.45, 2.75) is 25.4 Å². The minimum absolute atomic E-state index is 0.0519. The van der Waals surface area contributed by atoms with Crippen LogP contribution >= 0.6 is 0 Å². The Bertz CT molecular complexity index is 650. The molecule has 0 bridgehead atoms. The van der Waals surface area contributed by atoms with Crippen LogP contribution in [0.4, 0.5) is 0 Å². The Morgan fingerprint density at radius 3 is 3.10 bits per heavy atom. The van der Waals surface area contributed by atoms with Crippen LogP contribution in [0.25, 0.3) is 10.8 Å². The zero-order valence-electron chi connectivity index (χ0n) is 11.7. The predicted molar refractivity (Wildman–Crippen MR) is 80.3 cm³/mol. The standard InChI is InChI=1S/C16H20N2O2/c1-17-10-11-2-3-13(8-11)20-14-4-5-15-12(9-14)6-7-18-16(15)19/h4-7,9,11,13,17H,2-3,8,10H2,1H3,(H,18,19). The maximum Gasteiger partial charge on any atom is 0.255 e. The molecule has 1 heterocycles. The van der Waals surface area contributed by atoms with E-state index in [9.17, 15) is 4.79 Å². The molecule has 0 spiro atoms. The Labute approximate surface area is 118 Å². The van der Waals surface area contributed by atoms with Gasteiger partial charge in [-0.3, -0.25) is 4.79 Å². The highest BCUT2D eigenvalue weighted by Crippen LogP contribution is 2.29. The highest BCUT2D eigenvalue weighted by atomic mass is 16.5. The minimum Gasteiger partial charge on any atom is -0.490 e. The first-order chi connectivity index (χ1) is 9.76. The molecule has 0 amide bonds. The van der Waals surface area contributed by atoms with E-state index in [2.05, 4.69) is 10.3 Å². The number of benzene rings is 1. The summed E-state index contributed by atoms with van der Waals surface area (Å²) in [5.74, 6) is 1.58. The fourth-order valence-electron chi connectivity index (χ4n) is 3.05. The molecule has 1 fully saturated rings. The second kappa shape index (κ2) is 5.67. The molecule has 0 saturated heterocycles. The topological polar surface area (TPSA) is 54.1 Å². The molecule has 1 saturated carbocycles. The summed E-state index contributed by atoms with van der Waals surface area (Å²) in [5.41, 5.74) is -0.0519. The number of fused-ring (bicyclic) bond motifs is 1. The Balaban J connectivity index is 1.74. The van der Waals surface area contributed by atoms with Crippen molar-refractivity contribution in [1.82, 2.24) is 10.3 Å². The molecule has 3 rings (SSSR count). The molecule has 0 radical (unpaired) electrons. The summed E-state index contributed by atoms with van der Waals surface area (Å²) >= 11 is 0. The molecular weight excluding hydrogens is 252 g/mol. The molecule has 4 nitrogen and oxygen atoms in total. The molecule has 1 aromatic carbocycles. The molecule has 0 aliphatic heterocycles. The van der Waals surface area contributed by atoms with Gasteiger partial charge in [0.1, 0.15) is 5.75 Å². The fourth-order valence-corrected chi connectivity index (χ4v) is 3.05. The lowest BCUT2D eigenvalue weighted by molar-refractivity contribution is 0.204. The van der Waals surface area contributed by atoms with Gasteiger partial charge in [-0.15, -0.1) is 0 Å². The van der Waals surface area contributed by atoms with Crippen LogP contribution in [0.3, 0.4) is 0 Å². The van der Waals surface area contributed by atoms with Crippen molar-refractivity contribution in [3.8, 4) is 5.75 Å². The van der Waals surface area contributed by atoms with Gasteiger partial charge in [-0.2, -0.15) is 0 Å². The summed E-state index contributed by atoms with van der Waals surface area (Å²) in [7, 11) is 2.00. The maximum absolute atomic E-state index is 11.6. The van der Waals surface area contributed by atoms with Gasteiger partial charge < -0.3 is 15.0 Å². The third-order valence-corrected chi connectivity index (χ3v) is 4.03. The van der Waals surface area contributed by atoms with Crippen LogP contribution in [-0.2, 0) is 0 Å². The average Bonchev–Trinajstić information content (AvgIpc) is 2.87. The van der Waals surface area contributed by atoms with Crippen molar-refractivity contribution in [2.75, 3.05) is 13.6 Å². The van der Waals surface area contributed by atoms with Crippen molar-refractivity contribution < 1.29 is 4.74 Å². The van der Waals surface area contributed by atoms with Crippen LogP contribution in [0.2, 0.25) is 0 Å². The van der Waals surface area contributed by atoms with E-state index in [0.29, 0.717) is 17.4 Å². The monoisotopic (exact) mass is 272 g/mol. The Morgan fingerprint density at radius 2 is 2.25 bits per heavy atom. The molecule has 20 heavy (non-hydrogen) atoms. The summed E-state index contributed by atoms with van der Waals surface area (Å²) in [5, 5.41) is 4.87. The van der Waals surface area contributed by atoms with Crippen LogP contribution in [-0.4, -0.2) is 24.7 Å². The summed E-state index contributed by atoms with van der Waals surface area (Å²) in [4.78, 5) is 14.3. The zero-order valence-corrected chi connectivity index (χ0v) is 11.7. The Hall–Kier alpha value is -1.81. The van der Waals surface area contributed by atoms with E-state index in [1.54, 1.807) is 6.20 Å². The van der Waals surface area contributed by atoms with E-state index >= 15 is 0 Å². The van der Waals surface area contributed by atoms with Crippen molar-refractivity contribution in [3.63, 3.8) is 0 Å². The zero-order chi connectivity index (χ0) is 13.9. The first kappa shape index (κ1) is 13.2. The minimum atomic E-state index is -0.0519. The summed E-state index contributed by atoms with van der Waals surface area (Å²) in [6, 6.07) is 7.59. The molecule has 1 aliphatic rings. The van der Waals surface area contributed by atoms with Crippen LogP contribution in [0.1, 0.15) is 19.3 Å². The number of nitrogens with one attached hydrogen (secondary N) is 2. The molecule has 1 aromatic heterocycles. The number of aromatic amines is 1. The average molecular weight is 272 g/mol. The first-order valence-corrected chi connectivity index (χ1v) is 7.19. The van der Waals surface area contributed by atoms with Gasteiger partial charge in [0.2, 0.25) is 0 Å². The van der Waals surface area contributed by atoms with Crippen molar-refractivity contribution in [3.05, 3.63) is 40.8 Å². The number of aromatic nitrogens is 1. The van der Waals surface area contributed by atoms with Gasteiger partial charge in [-0.05, 0) is 68.4 Å². The van der Waals surface area contributed by atoms with E-state index < -0.39 is 0 Å². The number of pyridine rings is 1. The maximum atomic E-state index is 11.6. The smallest absolute Gasteiger partial charge is 0.255 e. The van der Waals surface area contributed by atoms with Gasteiger partial charge in [0.25, 0.3) is 5.56 Å². The Morgan fingerprint density at radius 1 is 1.35 bits per heavy atom. The molecule has 4 heteroatoms. The van der Waals surface area contributed by atoms with E-state index in [1.165, 1.54) is 6.42 Å². The van der Waals surface area contributed by atoms with Gasteiger partial charge in [-0.1, -0.05) is 0 Å². The highest BCUT2D eigenvalue weighted by molar-refractivity contribution is 5.82. The van der Waals surface area contributed by atoms with Crippen molar-refractivity contribution in [2.24, 2.45) is 5.92 Å². The molecule has 2 unspecified atom stereocenters. The van der Waals surface area contributed by atoms with E-state index in [-0.39, 0.29) is 5.56 Å². The highest BCUT2D eigenvalue weighted by Gasteiger charge is 2.25. The Kier molecular flexibility index (Phi) is 3.74. The van der Waals surface area contributed by atoms with Gasteiger partial charge >= 0.3 is 0 Å². The SMILES string of the molecule is CNCC1CCC(Oc2ccc3c(=O)[nH]ccc3c2)C1. The number of rotatable bonds is 4. The van der Waals surface area contributed by atoms with Crippen LogP contribution in [0.5, 0.6) is 5.75 Å². The fraction of sp³-hybridized carbons (Fsp3) is 0.438. The van der Waals surface area contributed by atoms with Gasteiger partial charge in [0.05, 0.1) is 6.10 Å². The van der Waals surface area contributed by atoms with Crippen LogP contribution in [0, 0.1) is 5.92 Å². The number of ether oxygens (including phenoxy) is 1. The van der Waals surface area contributed by atoms with Gasteiger partial charge in [0, 0.05) is 11.6 Å². The van der Waals surface area contributed by atoms with Crippen LogP contribution < -0.4 is 15.6 Å². The van der Waals surface area contributed by atoms with Crippen molar-refractivity contribution in [1.29, 1.82) is 0 Å². The predicted octanol–water partition coefficient (Wildman–Crippen LogP) is 2.29. The quantitative estimate of drug-likeness (QED) is 0.898. The second-order valence-electron chi connectivity index (χ2n) is 5.53. The van der Waals surface area contributed by atoms with E-state index in [1.807, 2.05) is 31.3 Å². The second-order valence-corrected chi connectivity index (χ2v) is 5.53. The lowest BCUT2D eigenvalue weighted by atomic mass is 10.1. The number of hydrogen-bond acceptors (Lipinski definition) is 3. The van der Waals surface area contributed by atoms with E-state index in [0.717, 1.165) is 30.5 Å². The van der Waals surface area contributed by atoms with Gasteiger partial charge in [0.15, 0.2) is 0 Å². The molecular formula is C16H20N2O2. The normalized spacial score (nSPS) is 22.2. The molecule has 2 atom stereocenters. The molecule has 2 N–H and O–H groups in total. The molecule has 1 aliphatic carbocycles. The summed E-state index contributed by atoms with van der Waals surface area (Å²) in [6.45, 7) is 1.06. The molecule has 2 aromatic rings. The van der Waals surface area contributed by atoms with Crippen molar-refractivity contribution >= 4 is 10.8 Å². The molecule has 106 valence electrons. The number of H-pyrrole nitrogens is 1. The first-order valence-electron chi connectivity index (χ1n) is 7.19. The summed E-state index contributed by atoms with van der Waals surface area (Å²) in [6.07, 6.45) is 5.41. The van der Waals surface area contributed by atoms with E-state index in [4.69, 9.17) is 4.74 Å². The largest absolute Gasteiger partial charge is 0.490 e. The lowest BCUT2D eigenvalue weighted by Gasteiger charge is -2.14. The lowest BCUT2D eigenvalue weighted by Crippen LogP contribution is -2.18. The summed E-state index contributed by atoms with van der Waals surface area (Å²) < 4.78 is 6.06. The third-order valence-electron chi connectivity index (χ3n) is 4.03. The number of hydrogen-bond donors (Lipinski definition) is 2. The van der Waals surface area contributed by atoms with Gasteiger partial charge in [-0.25, -0.2) is 0 Å². The third kappa shape index (κ3) is 2.70.